The molecule has 10 nitrogen and oxygen atoms in total. The number of carbonyl (C=O) groups excluding carboxylic acids is 1. The third kappa shape index (κ3) is 4.34. The van der Waals surface area contributed by atoms with E-state index in [0.717, 1.165) is 28.3 Å². The van der Waals surface area contributed by atoms with Gasteiger partial charge in [0, 0.05) is 41.6 Å². The number of aryl methyl sites for hydroxylation is 1. The predicted octanol–water partition coefficient (Wildman–Crippen LogP) is 3.16. The van der Waals surface area contributed by atoms with Crippen molar-refractivity contribution in [3.8, 4) is 0 Å². The lowest BCUT2D eigenvalue weighted by Gasteiger charge is -2.28. The number of methoxy groups -OCH3 is 1. The minimum Gasteiger partial charge on any atom is -0.375 e. The van der Waals surface area contributed by atoms with Gasteiger partial charge in [0.25, 0.3) is 0 Å². The maximum atomic E-state index is 11.9. The van der Waals surface area contributed by atoms with Gasteiger partial charge in [-0.05, 0) is 68.5 Å². The number of nitrogens with zero attached hydrogens (tertiary/aromatic N) is 6. The van der Waals surface area contributed by atoms with E-state index in [1.54, 1.807) is 18.9 Å². The Kier molecular flexibility index (Phi) is 6.49. The maximum Gasteiger partial charge on any atom is 0.250 e. The van der Waals surface area contributed by atoms with Crippen LogP contribution < -0.4 is 15.5 Å². The molecule has 0 aliphatic carbocycles. The molecular formula is C25H26N8O2S. The van der Waals surface area contributed by atoms with Crippen LogP contribution in [0.4, 0.5) is 11.4 Å². The van der Waals surface area contributed by atoms with Crippen LogP contribution in [0.3, 0.4) is 0 Å². The number of rotatable bonds is 7. The number of carbonyl (C=O) groups is 1. The molecule has 2 atom stereocenters. The van der Waals surface area contributed by atoms with Crippen molar-refractivity contribution in [3.05, 3.63) is 90.0 Å². The first-order chi connectivity index (χ1) is 17.5. The number of thiocarbonyl (C=S) groups is 1. The van der Waals surface area contributed by atoms with Crippen LogP contribution in [0.2, 0.25) is 0 Å². The summed E-state index contributed by atoms with van der Waals surface area (Å²) in [6, 6.07) is 15.3. The summed E-state index contributed by atoms with van der Waals surface area (Å²) in [5.74, 6) is -0.210. The van der Waals surface area contributed by atoms with Gasteiger partial charge in [0.15, 0.2) is 5.11 Å². The molecule has 1 aliphatic heterocycles. The lowest BCUT2D eigenvalue weighted by atomic mass is 9.96. The average molecular weight is 503 g/mol. The lowest BCUT2D eigenvalue weighted by Crippen LogP contribution is -2.29. The van der Waals surface area contributed by atoms with Crippen molar-refractivity contribution < 1.29 is 9.53 Å². The van der Waals surface area contributed by atoms with E-state index in [1.807, 2.05) is 47.1 Å². The molecule has 5 rings (SSSR count). The van der Waals surface area contributed by atoms with Crippen molar-refractivity contribution in [2.24, 2.45) is 0 Å². The Balaban J connectivity index is 1.57. The molecule has 1 aromatic carbocycles. The Morgan fingerprint density at radius 2 is 1.89 bits per heavy atom. The molecule has 0 bridgehead atoms. The van der Waals surface area contributed by atoms with Gasteiger partial charge in [-0.15, -0.1) is 10.2 Å². The number of nitrogens with one attached hydrogen (secondary N) is 2. The van der Waals surface area contributed by atoms with Crippen LogP contribution in [0.25, 0.3) is 0 Å². The fraction of sp³-hybridized carbons (Fsp3) is 0.240. The molecule has 1 aliphatic rings. The Labute approximate surface area is 213 Å². The van der Waals surface area contributed by atoms with Gasteiger partial charge in [-0.1, -0.05) is 6.07 Å². The highest BCUT2D eigenvalue weighted by Gasteiger charge is 2.42. The molecule has 0 saturated carbocycles. The molecular weight excluding hydrogens is 476 g/mol. The quantitative estimate of drug-likeness (QED) is 0.372. The summed E-state index contributed by atoms with van der Waals surface area (Å²) < 4.78 is 8.82. The molecule has 36 heavy (non-hydrogen) atoms. The minimum absolute atomic E-state index is 0.00222. The van der Waals surface area contributed by atoms with Crippen LogP contribution in [0, 0.1) is 13.8 Å². The minimum atomic E-state index is -0.210. The van der Waals surface area contributed by atoms with E-state index in [1.165, 1.54) is 7.11 Å². The van der Waals surface area contributed by atoms with Crippen molar-refractivity contribution in [1.82, 2.24) is 29.9 Å². The van der Waals surface area contributed by atoms with Crippen LogP contribution in [0.1, 0.15) is 34.7 Å². The van der Waals surface area contributed by atoms with Crippen molar-refractivity contribution in [2.75, 3.05) is 23.9 Å². The van der Waals surface area contributed by atoms with E-state index < -0.39 is 0 Å². The second-order valence-electron chi connectivity index (χ2n) is 8.50. The first-order valence-electron chi connectivity index (χ1n) is 11.4. The number of aromatic nitrogens is 5. The molecule has 1 saturated heterocycles. The molecule has 1 fully saturated rings. The fourth-order valence-corrected chi connectivity index (χ4v) is 5.06. The monoisotopic (exact) mass is 502 g/mol. The standard InChI is InChI=1S/C25H26N8O2S/c1-16-12-20(17(2)33(16)31-14-27-28-15-31)24-23(21-6-4-5-11-26-21)30-25(36)32(24)19-9-7-18(8-10-19)29-22(34)13-35-3/h4-12,14-15,23-24H,13H2,1-3H3,(H,29,34)(H,30,36)/t23-,24-/m0/s1. The summed E-state index contributed by atoms with van der Waals surface area (Å²) in [7, 11) is 1.49. The molecule has 0 spiro atoms. The Morgan fingerprint density at radius 1 is 1.14 bits per heavy atom. The number of benzene rings is 1. The molecule has 184 valence electrons. The molecule has 0 radical (unpaired) electrons. The lowest BCUT2D eigenvalue weighted by molar-refractivity contribution is -0.119. The second-order valence-corrected chi connectivity index (χ2v) is 8.89. The number of hydrogen-bond donors (Lipinski definition) is 2. The Hall–Kier alpha value is -4.09. The summed E-state index contributed by atoms with van der Waals surface area (Å²) in [5.41, 5.74) is 5.65. The molecule has 11 heteroatoms. The Bertz CT molecular complexity index is 1370. The predicted molar refractivity (Wildman–Crippen MR) is 140 cm³/mol. The van der Waals surface area contributed by atoms with Gasteiger partial charge in [0.2, 0.25) is 5.91 Å². The maximum absolute atomic E-state index is 11.9. The van der Waals surface area contributed by atoms with Crippen molar-refractivity contribution in [3.63, 3.8) is 0 Å². The molecule has 0 unspecified atom stereocenters. The van der Waals surface area contributed by atoms with E-state index in [9.17, 15) is 4.79 Å². The second kappa shape index (κ2) is 9.88. The number of hydrogen-bond acceptors (Lipinski definition) is 6. The Morgan fingerprint density at radius 3 is 2.56 bits per heavy atom. The summed E-state index contributed by atoms with van der Waals surface area (Å²) in [5, 5.41) is 14.8. The summed E-state index contributed by atoms with van der Waals surface area (Å²) in [4.78, 5) is 18.7. The first-order valence-corrected chi connectivity index (χ1v) is 11.8. The van der Waals surface area contributed by atoms with E-state index in [0.29, 0.717) is 10.8 Å². The zero-order valence-electron chi connectivity index (χ0n) is 20.1. The number of anilines is 2. The zero-order valence-corrected chi connectivity index (χ0v) is 20.9. The summed E-state index contributed by atoms with van der Waals surface area (Å²) >= 11 is 5.85. The molecule has 4 heterocycles. The van der Waals surface area contributed by atoms with Gasteiger partial charge < -0.3 is 20.3 Å². The highest BCUT2D eigenvalue weighted by atomic mass is 32.1. The van der Waals surface area contributed by atoms with Gasteiger partial charge in [-0.2, -0.15) is 0 Å². The van der Waals surface area contributed by atoms with Gasteiger partial charge in [-0.3, -0.25) is 14.5 Å². The number of pyridine rings is 1. The van der Waals surface area contributed by atoms with Crippen LogP contribution >= 0.6 is 12.2 Å². The van der Waals surface area contributed by atoms with E-state index in [2.05, 4.69) is 55.3 Å². The molecule has 4 aromatic rings. The summed E-state index contributed by atoms with van der Waals surface area (Å²) in [6.45, 7) is 4.12. The van der Waals surface area contributed by atoms with Crippen molar-refractivity contribution in [1.29, 1.82) is 0 Å². The highest BCUT2D eigenvalue weighted by molar-refractivity contribution is 7.80. The van der Waals surface area contributed by atoms with E-state index >= 15 is 0 Å². The highest BCUT2D eigenvalue weighted by Crippen LogP contribution is 2.43. The van der Waals surface area contributed by atoms with Gasteiger partial charge in [0.05, 0.1) is 17.8 Å². The van der Waals surface area contributed by atoms with E-state index in [-0.39, 0.29) is 24.6 Å². The smallest absolute Gasteiger partial charge is 0.250 e. The van der Waals surface area contributed by atoms with Gasteiger partial charge >= 0.3 is 0 Å². The van der Waals surface area contributed by atoms with Crippen LogP contribution in [-0.4, -0.2) is 49.3 Å². The topological polar surface area (TPSA) is 102 Å². The van der Waals surface area contributed by atoms with E-state index in [4.69, 9.17) is 17.0 Å². The van der Waals surface area contributed by atoms with Gasteiger partial charge in [-0.25, -0.2) is 4.68 Å². The first kappa shape index (κ1) is 23.6. The number of amides is 1. The number of ether oxygens (including phenoxy) is 1. The molecule has 3 aromatic heterocycles. The molecule has 1 amide bonds. The normalized spacial score (nSPS) is 17.3. The van der Waals surface area contributed by atoms with Crippen molar-refractivity contribution in [2.45, 2.75) is 25.9 Å². The third-order valence-electron chi connectivity index (χ3n) is 6.19. The summed E-state index contributed by atoms with van der Waals surface area (Å²) in [6.07, 6.45) is 5.13. The van der Waals surface area contributed by atoms with Crippen molar-refractivity contribution >= 4 is 34.6 Å². The largest absolute Gasteiger partial charge is 0.375 e. The molecule has 2 N–H and O–H groups in total. The third-order valence-corrected chi connectivity index (χ3v) is 6.51. The van der Waals surface area contributed by atoms with Gasteiger partial charge in [0.1, 0.15) is 19.3 Å². The van der Waals surface area contributed by atoms with Crippen LogP contribution in [0.15, 0.2) is 67.4 Å². The average Bonchev–Trinajstić information content (AvgIpc) is 3.58. The van der Waals surface area contributed by atoms with Crippen LogP contribution in [-0.2, 0) is 9.53 Å². The fourth-order valence-electron chi connectivity index (χ4n) is 4.71. The zero-order chi connectivity index (χ0) is 25.2. The SMILES string of the molecule is COCC(=O)Nc1ccc(N2C(=S)N[C@@H](c3ccccn3)[C@@H]2c2cc(C)n(-n3cnnc3)c2C)cc1. The van der Waals surface area contributed by atoms with Crippen LogP contribution in [0.5, 0.6) is 0 Å².